The van der Waals surface area contributed by atoms with Gasteiger partial charge < -0.3 is 4.57 Å². The molecule has 9 heavy (non-hydrogen) atoms. The van der Waals surface area contributed by atoms with E-state index in [-0.39, 0.29) is 0 Å². The Morgan fingerprint density at radius 1 is 1.67 bits per heavy atom. The molecule has 0 bridgehead atoms. The molecule has 0 aliphatic rings. The van der Waals surface area contributed by atoms with Crippen molar-refractivity contribution in [3.63, 3.8) is 0 Å². The summed E-state index contributed by atoms with van der Waals surface area (Å²) in [5.41, 5.74) is 0.748. The summed E-state index contributed by atoms with van der Waals surface area (Å²) in [6, 6.07) is 1.87. The van der Waals surface area contributed by atoms with Gasteiger partial charge >= 0.3 is 0 Å². The lowest BCUT2D eigenvalue weighted by atomic mass is 10.7. The molecule has 0 radical (unpaired) electrons. The summed E-state index contributed by atoms with van der Waals surface area (Å²) >= 11 is 0. The van der Waals surface area contributed by atoms with Crippen molar-refractivity contribution in [1.29, 1.82) is 0 Å². The minimum absolute atomic E-state index is 0.748. The molecule has 1 heterocycles. The first-order valence-electron chi connectivity index (χ1n) is 2.75. The molecule has 1 rings (SSSR count). The molecular formula is C6H9N3. The third kappa shape index (κ3) is 1.16. The van der Waals surface area contributed by atoms with Gasteiger partial charge in [0.15, 0.2) is 0 Å². The van der Waals surface area contributed by atoms with Crippen LogP contribution in [-0.2, 0) is 7.05 Å². The van der Waals surface area contributed by atoms with Gasteiger partial charge in [0.2, 0.25) is 5.62 Å². The van der Waals surface area contributed by atoms with Crippen LogP contribution >= 0.6 is 0 Å². The molecule has 0 saturated carbocycles. The topological polar surface area (TPSA) is 30.2 Å². The second kappa shape index (κ2) is 2.44. The Morgan fingerprint density at radius 2 is 2.44 bits per heavy atom. The van der Waals surface area contributed by atoms with Crippen molar-refractivity contribution in [2.45, 2.75) is 0 Å². The maximum atomic E-state index is 3.99. The number of aryl methyl sites for hydroxylation is 1. The van der Waals surface area contributed by atoms with E-state index in [9.17, 15) is 0 Å². The van der Waals surface area contributed by atoms with Crippen LogP contribution in [0.4, 0.5) is 0 Å². The first-order valence-corrected chi connectivity index (χ1v) is 2.75. The monoisotopic (exact) mass is 123 g/mol. The number of hydrogen-bond donors (Lipinski definition) is 0. The van der Waals surface area contributed by atoms with Crippen LogP contribution in [0.1, 0.15) is 0 Å². The highest BCUT2D eigenvalue weighted by Gasteiger charge is 1.79. The van der Waals surface area contributed by atoms with E-state index < -0.39 is 0 Å². The smallest absolute Gasteiger partial charge is 0.224 e. The van der Waals surface area contributed by atoms with Crippen molar-refractivity contribution < 1.29 is 0 Å². The Hall–Kier alpha value is -1.12. The lowest BCUT2D eigenvalue weighted by molar-refractivity contribution is 0.774. The zero-order valence-electron chi connectivity index (χ0n) is 5.57. The molecule has 0 amide bonds. The van der Waals surface area contributed by atoms with E-state index in [0.29, 0.717) is 0 Å². The van der Waals surface area contributed by atoms with E-state index in [0.717, 1.165) is 5.62 Å². The predicted octanol–water partition coefficient (Wildman–Crippen LogP) is -0.0494. The van der Waals surface area contributed by atoms with E-state index in [1.54, 1.807) is 13.2 Å². The van der Waals surface area contributed by atoms with E-state index in [2.05, 4.69) is 9.98 Å². The van der Waals surface area contributed by atoms with Crippen LogP contribution in [-0.4, -0.2) is 16.6 Å². The van der Waals surface area contributed by atoms with E-state index in [1.807, 2.05) is 23.9 Å². The Kier molecular flexibility index (Phi) is 1.63. The van der Waals surface area contributed by atoms with Crippen molar-refractivity contribution in [3.05, 3.63) is 24.1 Å². The molecule has 0 N–H and O–H groups in total. The van der Waals surface area contributed by atoms with E-state index in [1.165, 1.54) is 0 Å². The summed E-state index contributed by atoms with van der Waals surface area (Å²) in [6.07, 6.45) is 3.64. The lowest BCUT2D eigenvalue weighted by Gasteiger charge is -1.93. The zero-order chi connectivity index (χ0) is 6.69. The van der Waals surface area contributed by atoms with Crippen molar-refractivity contribution in [1.82, 2.24) is 9.55 Å². The fourth-order valence-corrected chi connectivity index (χ4v) is 0.650. The van der Waals surface area contributed by atoms with Gasteiger partial charge in [0.1, 0.15) is 0 Å². The second-order valence-corrected chi connectivity index (χ2v) is 1.75. The Morgan fingerprint density at radius 3 is 2.89 bits per heavy atom. The summed E-state index contributed by atoms with van der Waals surface area (Å²) < 4.78 is 1.86. The third-order valence-corrected chi connectivity index (χ3v) is 1.10. The number of rotatable bonds is 0. The molecule has 1 aromatic heterocycles. The second-order valence-electron chi connectivity index (χ2n) is 1.75. The molecule has 0 saturated heterocycles. The van der Waals surface area contributed by atoms with Crippen molar-refractivity contribution in [3.8, 4) is 0 Å². The molecule has 48 valence electrons. The van der Waals surface area contributed by atoms with Crippen molar-refractivity contribution in [2.24, 2.45) is 12.0 Å². The van der Waals surface area contributed by atoms with Crippen LogP contribution in [0.2, 0.25) is 0 Å². The van der Waals surface area contributed by atoms with Crippen LogP contribution in [0.3, 0.4) is 0 Å². The van der Waals surface area contributed by atoms with Crippen LogP contribution in [0, 0.1) is 0 Å². The first-order chi connectivity index (χ1) is 4.34. The van der Waals surface area contributed by atoms with Gasteiger partial charge in [0, 0.05) is 26.5 Å². The van der Waals surface area contributed by atoms with Crippen LogP contribution in [0.5, 0.6) is 0 Å². The van der Waals surface area contributed by atoms with Gasteiger partial charge in [0.25, 0.3) is 0 Å². The molecule has 0 spiro atoms. The first kappa shape index (κ1) is 6.01. The van der Waals surface area contributed by atoms with Gasteiger partial charge in [-0.25, -0.2) is 4.98 Å². The largest absolute Gasteiger partial charge is 0.321 e. The normalized spacial score (nSPS) is 12.0. The summed E-state index contributed by atoms with van der Waals surface area (Å²) in [5.74, 6) is 0. The van der Waals surface area contributed by atoms with Gasteiger partial charge in [-0.05, 0) is 6.07 Å². The Labute approximate surface area is 53.7 Å². The van der Waals surface area contributed by atoms with Crippen molar-refractivity contribution >= 4 is 0 Å². The minimum atomic E-state index is 0.748. The maximum absolute atomic E-state index is 3.99. The highest BCUT2D eigenvalue weighted by atomic mass is 15.0. The van der Waals surface area contributed by atoms with E-state index in [4.69, 9.17) is 0 Å². The number of aromatic nitrogens is 2. The molecular weight excluding hydrogens is 114 g/mol. The van der Waals surface area contributed by atoms with Gasteiger partial charge in [-0.2, -0.15) is 0 Å². The van der Waals surface area contributed by atoms with Gasteiger partial charge in [-0.15, -0.1) is 0 Å². The van der Waals surface area contributed by atoms with Crippen molar-refractivity contribution in [2.75, 3.05) is 7.05 Å². The van der Waals surface area contributed by atoms with Gasteiger partial charge in [0.05, 0.1) is 0 Å². The Bertz CT molecular complexity index is 248. The van der Waals surface area contributed by atoms with Crippen LogP contribution in [0.25, 0.3) is 0 Å². The Balaban J connectivity index is 3.33. The van der Waals surface area contributed by atoms with Crippen LogP contribution in [0.15, 0.2) is 23.5 Å². The molecule has 3 nitrogen and oxygen atoms in total. The third-order valence-electron chi connectivity index (χ3n) is 1.10. The van der Waals surface area contributed by atoms with Crippen LogP contribution < -0.4 is 5.62 Å². The highest BCUT2D eigenvalue weighted by Crippen LogP contribution is 1.69. The summed E-state index contributed by atoms with van der Waals surface area (Å²) in [6.45, 7) is 0. The molecule has 0 unspecified atom stereocenters. The fourth-order valence-electron chi connectivity index (χ4n) is 0.650. The molecule has 0 atom stereocenters. The summed E-state index contributed by atoms with van der Waals surface area (Å²) in [5, 5.41) is 0. The zero-order valence-corrected chi connectivity index (χ0v) is 5.57. The van der Waals surface area contributed by atoms with E-state index >= 15 is 0 Å². The SMILES string of the molecule is CN=c1ncccn1C. The fraction of sp³-hybridized carbons (Fsp3) is 0.333. The number of nitrogens with zero attached hydrogens (tertiary/aromatic N) is 3. The molecule has 0 aliphatic heterocycles. The molecule has 0 aliphatic carbocycles. The maximum Gasteiger partial charge on any atom is 0.224 e. The lowest BCUT2D eigenvalue weighted by Crippen LogP contribution is -2.19. The standard InChI is InChI=1S/C6H9N3/c1-7-6-8-4-3-5-9(6)2/h3-5H,1-2H3. The van der Waals surface area contributed by atoms with Gasteiger partial charge in [-0.1, -0.05) is 0 Å². The highest BCUT2D eigenvalue weighted by molar-refractivity contribution is 4.78. The average Bonchev–Trinajstić information content (AvgIpc) is 1.89. The van der Waals surface area contributed by atoms with Gasteiger partial charge in [-0.3, -0.25) is 4.99 Å². The quantitative estimate of drug-likeness (QED) is 0.475. The average molecular weight is 123 g/mol. The predicted molar refractivity (Wildman–Crippen MR) is 34.7 cm³/mol. The minimum Gasteiger partial charge on any atom is -0.321 e. The molecule has 3 heteroatoms. The number of hydrogen-bond acceptors (Lipinski definition) is 2. The molecule has 0 aromatic carbocycles. The molecule has 0 fully saturated rings. The summed E-state index contributed by atoms with van der Waals surface area (Å²) in [7, 11) is 3.64. The molecule has 1 aromatic rings. The summed E-state index contributed by atoms with van der Waals surface area (Å²) in [4.78, 5) is 7.92.